The molecular formula is C18H24N4O2. The number of aliphatic hydroxyl groups is 1. The number of hydrogen-bond acceptors (Lipinski definition) is 4. The summed E-state index contributed by atoms with van der Waals surface area (Å²) in [5.41, 5.74) is 5.83. The van der Waals surface area contributed by atoms with Crippen LogP contribution in [0.4, 0.5) is 5.69 Å². The van der Waals surface area contributed by atoms with Gasteiger partial charge in [-0.15, -0.1) is 0 Å². The SMILES string of the molecule is C=C1C=NNC(=Nc2ccccc2)N1/C(C)=C(/C=O)CC.CCO. The van der Waals surface area contributed by atoms with Gasteiger partial charge < -0.3 is 5.11 Å². The second kappa shape index (κ2) is 10.1. The van der Waals surface area contributed by atoms with E-state index < -0.39 is 0 Å². The first-order valence-electron chi connectivity index (χ1n) is 7.76. The quantitative estimate of drug-likeness (QED) is 0.658. The molecule has 2 N–H and O–H groups in total. The highest BCUT2D eigenvalue weighted by Gasteiger charge is 2.21. The number of carbonyl (C=O) groups excluding carboxylic acids is 1. The van der Waals surface area contributed by atoms with E-state index in [1.807, 2.05) is 44.2 Å². The molecule has 128 valence electrons. The van der Waals surface area contributed by atoms with Crippen LogP contribution in [0.5, 0.6) is 0 Å². The number of hydrazone groups is 1. The highest BCUT2D eigenvalue weighted by atomic mass is 16.2. The molecule has 0 spiro atoms. The zero-order valence-electron chi connectivity index (χ0n) is 14.4. The molecule has 0 bridgehead atoms. The lowest BCUT2D eigenvalue weighted by Gasteiger charge is -2.29. The van der Waals surface area contributed by atoms with Crippen molar-refractivity contribution in [3.05, 3.63) is 53.9 Å². The van der Waals surface area contributed by atoms with Crippen LogP contribution >= 0.6 is 0 Å². The van der Waals surface area contributed by atoms with Gasteiger partial charge in [-0.3, -0.25) is 9.69 Å². The molecule has 0 fully saturated rings. The van der Waals surface area contributed by atoms with Crippen LogP contribution in [0.15, 0.2) is 64.0 Å². The van der Waals surface area contributed by atoms with Crippen LogP contribution in [0, 0.1) is 0 Å². The molecule has 1 aliphatic rings. The van der Waals surface area contributed by atoms with Crippen molar-refractivity contribution in [3.63, 3.8) is 0 Å². The van der Waals surface area contributed by atoms with E-state index in [1.54, 1.807) is 18.0 Å². The van der Waals surface area contributed by atoms with E-state index in [0.717, 1.165) is 17.7 Å². The second-order valence-corrected chi connectivity index (χ2v) is 4.87. The summed E-state index contributed by atoms with van der Waals surface area (Å²) in [5, 5.41) is 11.6. The summed E-state index contributed by atoms with van der Waals surface area (Å²) in [6.07, 6.45) is 3.12. The maximum Gasteiger partial charge on any atom is 0.229 e. The summed E-state index contributed by atoms with van der Waals surface area (Å²) in [5.74, 6) is 0.527. The third-order valence-corrected chi connectivity index (χ3v) is 3.19. The fourth-order valence-electron chi connectivity index (χ4n) is 2.05. The van der Waals surface area contributed by atoms with Crippen molar-refractivity contribution in [2.75, 3.05) is 6.61 Å². The molecule has 0 aliphatic carbocycles. The Hall–Kier alpha value is -2.73. The van der Waals surface area contributed by atoms with E-state index in [-0.39, 0.29) is 6.61 Å². The molecule has 6 nitrogen and oxygen atoms in total. The number of hydrogen-bond donors (Lipinski definition) is 2. The van der Waals surface area contributed by atoms with Crippen LogP contribution in [0.25, 0.3) is 0 Å². The predicted molar refractivity (Wildman–Crippen MR) is 98.0 cm³/mol. The Kier molecular flexibility index (Phi) is 8.15. The average Bonchev–Trinajstić information content (AvgIpc) is 2.57. The van der Waals surface area contributed by atoms with Gasteiger partial charge in [0.25, 0.3) is 0 Å². The van der Waals surface area contributed by atoms with Crippen molar-refractivity contribution in [2.45, 2.75) is 27.2 Å². The van der Waals surface area contributed by atoms with Gasteiger partial charge in [-0.25, -0.2) is 10.4 Å². The van der Waals surface area contributed by atoms with Crippen molar-refractivity contribution in [1.29, 1.82) is 0 Å². The van der Waals surface area contributed by atoms with Crippen molar-refractivity contribution in [3.8, 4) is 0 Å². The number of aliphatic imine (C=N–C) groups is 1. The van der Waals surface area contributed by atoms with Crippen molar-refractivity contribution >= 4 is 24.1 Å². The maximum absolute atomic E-state index is 11.2. The summed E-state index contributed by atoms with van der Waals surface area (Å²) >= 11 is 0. The van der Waals surface area contributed by atoms with Crippen molar-refractivity contribution in [1.82, 2.24) is 10.3 Å². The van der Waals surface area contributed by atoms with Gasteiger partial charge in [0.05, 0.1) is 17.6 Å². The minimum absolute atomic E-state index is 0.250. The maximum atomic E-state index is 11.2. The van der Waals surface area contributed by atoms with Crippen LogP contribution < -0.4 is 5.43 Å². The summed E-state index contributed by atoms with van der Waals surface area (Å²) in [4.78, 5) is 17.5. The monoisotopic (exact) mass is 328 g/mol. The van der Waals surface area contributed by atoms with Gasteiger partial charge >= 0.3 is 0 Å². The minimum atomic E-state index is 0.250. The van der Waals surface area contributed by atoms with Crippen molar-refractivity contribution in [2.24, 2.45) is 10.1 Å². The van der Waals surface area contributed by atoms with E-state index in [1.165, 1.54) is 0 Å². The number of para-hydroxylation sites is 1. The largest absolute Gasteiger partial charge is 0.397 e. The van der Waals surface area contributed by atoms with Gasteiger partial charge in [-0.2, -0.15) is 5.10 Å². The lowest BCUT2D eigenvalue weighted by molar-refractivity contribution is -0.105. The van der Waals surface area contributed by atoms with E-state index in [4.69, 9.17) is 5.11 Å². The molecule has 0 unspecified atom stereocenters. The molecule has 1 aromatic rings. The summed E-state index contributed by atoms with van der Waals surface area (Å²) < 4.78 is 0. The number of guanidine groups is 1. The molecule has 2 rings (SSSR count). The summed E-state index contributed by atoms with van der Waals surface area (Å²) in [7, 11) is 0. The number of benzene rings is 1. The smallest absolute Gasteiger partial charge is 0.229 e. The molecule has 1 heterocycles. The highest BCUT2D eigenvalue weighted by molar-refractivity contribution is 5.96. The number of aliphatic hydroxyl groups excluding tert-OH is 1. The molecule has 0 saturated carbocycles. The third kappa shape index (κ3) is 5.17. The van der Waals surface area contributed by atoms with Gasteiger partial charge in [0.15, 0.2) is 0 Å². The topological polar surface area (TPSA) is 77.3 Å². The Bertz CT molecular complexity index is 648. The molecule has 0 amide bonds. The Morgan fingerprint density at radius 3 is 2.54 bits per heavy atom. The third-order valence-electron chi connectivity index (χ3n) is 3.19. The van der Waals surface area contributed by atoms with E-state index in [9.17, 15) is 4.79 Å². The van der Waals surface area contributed by atoms with Gasteiger partial charge in [0.1, 0.15) is 6.29 Å². The number of aldehydes is 1. The van der Waals surface area contributed by atoms with E-state index in [0.29, 0.717) is 23.7 Å². The fraction of sp³-hybridized carbons (Fsp3) is 0.278. The van der Waals surface area contributed by atoms with Crippen molar-refractivity contribution < 1.29 is 9.90 Å². The molecule has 0 atom stereocenters. The first-order valence-corrected chi connectivity index (χ1v) is 7.76. The standard InChI is InChI=1S/C16H18N4O.C2H6O/c1-4-14(11-21)13(3)20-12(2)10-17-19-16(20)18-15-8-6-5-7-9-15;1-2-3/h5-11H,2,4H2,1,3H3,(H,18,19);3H,2H2,1H3/b14-13+;. The van der Waals surface area contributed by atoms with Gasteiger partial charge in [-0.1, -0.05) is 31.7 Å². The first-order chi connectivity index (χ1) is 11.6. The lowest BCUT2D eigenvalue weighted by atomic mass is 10.1. The van der Waals surface area contributed by atoms with Crippen LogP contribution in [-0.2, 0) is 4.79 Å². The van der Waals surface area contributed by atoms with Gasteiger partial charge in [0, 0.05) is 17.9 Å². The van der Waals surface area contributed by atoms with Crippen LogP contribution in [0.3, 0.4) is 0 Å². The number of carbonyl (C=O) groups is 1. The predicted octanol–water partition coefficient (Wildman–Crippen LogP) is 2.96. The van der Waals surface area contributed by atoms with Gasteiger partial charge in [0.2, 0.25) is 5.96 Å². The Morgan fingerprint density at radius 2 is 2.00 bits per heavy atom. The van der Waals surface area contributed by atoms with E-state index in [2.05, 4.69) is 22.1 Å². The Morgan fingerprint density at radius 1 is 1.38 bits per heavy atom. The average molecular weight is 328 g/mol. The lowest BCUT2D eigenvalue weighted by Crippen LogP contribution is -2.41. The first kappa shape index (κ1) is 19.3. The number of nitrogens with one attached hydrogen (secondary N) is 1. The number of allylic oxidation sites excluding steroid dienone is 3. The molecule has 0 aromatic heterocycles. The Labute approximate surface area is 142 Å². The summed E-state index contributed by atoms with van der Waals surface area (Å²) in [6.45, 7) is 9.71. The molecule has 1 aliphatic heterocycles. The van der Waals surface area contributed by atoms with Crippen LogP contribution in [0.2, 0.25) is 0 Å². The van der Waals surface area contributed by atoms with Crippen LogP contribution in [-0.4, -0.2) is 35.1 Å². The Balaban J connectivity index is 0.000000891. The zero-order chi connectivity index (χ0) is 17.9. The fourth-order valence-corrected chi connectivity index (χ4v) is 2.05. The molecule has 6 heteroatoms. The molecule has 1 aromatic carbocycles. The zero-order valence-corrected chi connectivity index (χ0v) is 14.4. The highest BCUT2D eigenvalue weighted by Crippen LogP contribution is 2.20. The second-order valence-electron chi connectivity index (χ2n) is 4.87. The normalized spacial score (nSPS) is 16.1. The minimum Gasteiger partial charge on any atom is -0.397 e. The van der Waals surface area contributed by atoms with Crippen LogP contribution in [0.1, 0.15) is 27.2 Å². The molecule has 0 saturated heterocycles. The molecule has 24 heavy (non-hydrogen) atoms. The number of rotatable bonds is 4. The number of nitrogens with zero attached hydrogens (tertiary/aromatic N) is 3. The molecular weight excluding hydrogens is 304 g/mol. The molecule has 0 radical (unpaired) electrons. The van der Waals surface area contributed by atoms with Gasteiger partial charge in [-0.05, 0) is 32.4 Å². The van der Waals surface area contributed by atoms with E-state index >= 15 is 0 Å². The summed E-state index contributed by atoms with van der Waals surface area (Å²) in [6, 6.07) is 9.55.